The molecular weight excluding hydrogens is 585 g/mol. The predicted molar refractivity (Wildman–Crippen MR) is 138 cm³/mol. The quantitative estimate of drug-likeness (QED) is 0.192. The number of hydrogen-bond acceptors (Lipinski definition) is 4. The van der Waals surface area contributed by atoms with Crippen LogP contribution in [0.2, 0.25) is 0 Å². The van der Waals surface area contributed by atoms with Gasteiger partial charge in [0.1, 0.15) is 12.4 Å². The number of nitrogens with one attached hydrogen (secondary N) is 2. The molecule has 0 saturated heterocycles. The monoisotopic (exact) mass is 605 g/mol. The summed E-state index contributed by atoms with van der Waals surface area (Å²) < 4.78 is 7.83. The number of halogens is 2. The van der Waals surface area contributed by atoms with Crippen molar-refractivity contribution in [1.29, 1.82) is 0 Å². The molecule has 3 rings (SSSR count). The van der Waals surface area contributed by atoms with Gasteiger partial charge in [-0.15, -0.1) is 0 Å². The Morgan fingerprint density at radius 2 is 1.72 bits per heavy atom. The van der Waals surface area contributed by atoms with Gasteiger partial charge in [0.05, 0.1) is 11.9 Å². The van der Waals surface area contributed by atoms with E-state index < -0.39 is 0 Å². The molecule has 164 valence electrons. The molecule has 3 aromatic rings. The van der Waals surface area contributed by atoms with Gasteiger partial charge >= 0.3 is 0 Å². The standard InChI is InChI=1S/C24H21BrIN3O3/c25-19-8-5-6-17(14-19)16-32-22-11-4-1-7-18(22)15-27-29-24(31)13-12-23(30)28-21-10-3-2-9-20(21)26/h1-11,14-15H,12-13,16H2,(H,28,30)(H,29,31)/b27-15+. The smallest absolute Gasteiger partial charge is 0.240 e. The van der Waals surface area contributed by atoms with Gasteiger partial charge in [0, 0.05) is 26.4 Å². The molecule has 2 amide bonds. The normalized spacial score (nSPS) is 10.7. The summed E-state index contributed by atoms with van der Waals surface area (Å²) in [6, 6.07) is 22.8. The molecule has 6 nitrogen and oxygen atoms in total. The minimum Gasteiger partial charge on any atom is -0.488 e. The number of hydrogen-bond donors (Lipinski definition) is 2. The molecule has 0 atom stereocenters. The van der Waals surface area contributed by atoms with Crippen molar-refractivity contribution in [2.24, 2.45) is 5.10 Å². The molecule has 0 radical (unpaired) electrons. The number of carbonyl (C=O) groups excluding carboxylic acids is 2. The van der Waals surface area contributed by atoms with Crippen LogP contribution in [-0.2, 0) is 16.2 Å². The highest BCUT2D eigenvalue weighted by molar-refractivity contribution is 14.1. The van der Waals surface area contributed by atoms with Gasteiger partial charge in [0.2, 0.25) is 11.8 Å². The summed E-state index contributed by atoms with van der Waals surface area (Å²) >= 11 is 5.60. The Morgan fingerprint density at radius 1 is 0.969 bits per heavy atom. The number of nitrogens with zero attached hydrogens (tertiary/aromatic N) is 1. The molecule has 0 aliphatic carbocycles. The van der Waals surface area contributed by atoms with Crippen molar-refractivity contribution in [3.05, 3.63) is 92.0 Å². The van der Waals surface area contributed by atoms with E-state index in [0.717, 1.165) is 24.9 Å². The predicted octanol–water partition coefficient (Wildman–Crippen LogP) is 5.50. The van der Waals surface area contributed by atoms with E-state index >= 15 is 0 Å². The lowest BCUT2D eigenvalue weighted by Gasteiger charge is -2.09. The molecule has 0 unspecified atom stereocenters. The summed E-state index contributed by atoms with van der Waals surface area (Å²) in [6.45, 7) is 0.409. The summed E-state index contributed by atoms with van der Waals surface area (Å²) in [6.07, 6.45) is 1.63. The van der Waals surface area contributed by atoms with Crippen molar-refractivity contribution < 1.29 is 14.3 Å². The Kier molecular flexibility index (Phi) is 9.24. The van der Waals surface area contributed by atoms with Crippen LogP contribution in [0.3, 0.4) is 0 Å². The number of para-hydroxylation sites is 2. The molecule has 0 aromatic heterocycles. The first-order valence-corrected chi connectivity index (χ1v) is 11.7. The highest BCUT2D eigenvalue weighted by Gasteiger charge is 2.08. The van der Waals surface area contributed by atoms with Crippen molar-refractivity contribution in [2.75, 3.05) is 5.32 Å². The van der Waals surface area contributed by atoms with Gasteiger partial charge < -0.3 is 10.1 Å². The molecule has 0 fully saturated rings. The summed E-state index contributed by atoms with van der Waals surface area (Å²) in [5.74, 6) is 0.0913. The van der Waals surface area contributed by atoms with Gasteiger partial charge in [-0.25, -0.2) is 5.43 Å². The SMILES string of the molecule is O=C(CCC(=O)Nc1ccccc1I)N/N=C/c1ccccc1OCc1cccc(Br)c1. The molecule has 0 saturated carbocycles. The van der Waals surface area contributed by atoms with Gasteiger partial charge in [0.15, 0.2) is 0 Å². The van der Waals surface area contributed by atoms with E-state index in [-0.39, 0.29) is 24.7 Å². The van der Waals surface area contributed by atoms with Crippen molar-refractivity contribution in [3.63, 3.8) is 0 Å². The molecule has 32 heavy (non-hydrogen) atoms. The second-order valence-corrected chi connectivity index (χ2v) is 8.86. The van der Waals surface area contributed by atoms with E-state index in [1.807, 2.05) is 72.8 Å². The summed E-state index contributed by atoms with van der Waals surface area (Å²) in [7, 11) is 0. The topological polar surface area (TPSA) is 79.8 Å². The summed E-state index contributed by atoms with van der Waals surface area (Å²) in [5.41, 5.74) is 4.96. The third-order valence-electron chi connectivity index (χ3n) is 4.32. The Hall–Kier alpha value is -2.72. The first-order chi connectivity index (χ1) is 15.5. The lowest BCUT2D eigenvalue weighted by molar-refractivity contribution is -0.124. The van der Waals surface area contributed by atoms with Crippen LogP contribution in [0.1, 0.15) is 24.0 Å². The van der Waals surface area contributed by atoms with Gasteiger partial charge in [-0.1, -0.05) is 52.3 Å². The van der Waals surface area contributed by atoms with E-state index in [1.165, 1.54) is 6.21 Å². The maximum absolute atomic E-state index is 12.1. The van der Waals surface area contributed by atoms with E-state index in [4.69, 9.17) is 4.74 Å². The minimum absolute atomic E-state index is 0.0353. The Labute approximate surface area is 208 Å². The molecule has 8 heteroatoms. The molecular formula is C24H21BrIN3O3. The largest absolute Gasteiger partial charge is 0.488 e. The maximum Gasteiger partial charge on any atom is 0.240 e. The van der Waals surface area contributed by atoms with Crippen molar-refractivity contribution in [2.45, 2.75) is 19.4 Å². The first-order valence-electron chi connectivity index (χ1n) is 9.84. The van der Waals surface area contributed by atoms with E-state index in [9.17, 15) is 9.59 Å². The molecule has 2 N–H and O–H groups in total. The van der Waals surface area contributed by atoms with Crippen molar-refractivity contribution >= 4 is 62.2 Å². The van der Waals surface area contributed by atoms with Crippen LogP contribution in [0.4, 0.5) is 5.69 Å². The number of anilines is 1. The van der Waals surface area contributed by atoms with Crippen LogP contribution in [0.15, 0.2) is 82.4 Å². The fourth-order valence-electron chi connectivity index (χ4n) is 2.74. The Morgan fingerprint density at radius 3 is 2.53 bits per heavy atom. The fraction of sp³-hybridized carbons (Fsp3) is 0.125. The number of benzene rings is 3. The lowest BCUT2D eigenvalue weighted by atomic mass is 10.2. The molecule has 0 heterocycles. The first kappa shape index (κ1) is 23.9. The van der Waals surface area contributed by atoms with Crippen LogP contribution in [0, 0.1) is 3.57 Å². The molecule has 0 bridgehead atoms. The molecule has 0 spiro atoms. The van der Waals surface area contributed by atoms with Gasteiger partial charge in [-0.3, -0.25) is 9.59 Å². The van der Waals surface area contributed by atoms with Crippen LogP contribution in [-0.4, -0.2) is 18.0 Å². The van der Waals surface area contributed by atoms with Gasteiger partial charge in [0.25, 0.3) is 0 Å². The van der Waals surface area contributed by atoms with Crippen LogP contribution < -0.4 is 15.5 Å². The zero-order chi connectivity index (χ0) is 22.8. The second kappa shape index (κ2) is 12.4. The number of hydrazone groups is 1. The van der Waals surface area contributed by atoms with Crippen LogP contribution in [0.5, 0.6) is 5.75 Å². The Bertz CT molecular complexity index is 1120. The van der Waals surface area contributed by atoms with Gasteiger partial charge in [-0.2, -0.15) is 5.10 Å². The van der Waals surface area contributed by atoms with Crippen LogP contribution >= 0.6 is 38.5 Å². The molecule has 0 aliphatic heterocycles. The lowest BCUT2D eigenvalue weighted by Crippen LogP contribution is -2.21. The minimum atomic E-state index is -0.341. The zero-order valence-corrected chi connectivity index (χ0v) is 20.8. The number of carbonyl (C=O) groups is 2. The summed E-state index contributed by atoms with van der Waals surface area (Å²) in [4.78, 5) is 24.1. The number of amides is 2. The third-order valence-corrected chi connectivity index (χ3v) is 5.76. The van der Waals surface area contributed by atoms with Crippen LogP contribution in [0.25, 0.3) is 0 Å². The average Bonchev–Trinajstić information content (AvgIpc) is 2.79. The maximum atomic E-state index is 12.1. The average molecular weight is 606 g/mol. The number of ether oxygens (including phenoxy) is 1. The molecule has 3 aromatic carbocycles. The van der Waals surface area contributed by atoms with E-state index in [0.29, 0.717) is 12.4 Å². The second-order valence-electron chi connectivity index (χ2n) is 6.78. The Balaban J connectivity index is 1.47. The van der Waals surface area contributed by atoms with E-state index in [2.05, 4.69) is 54.4 Å². The third kappa shape index (κ3) is 7.76. The van der Waals surface area contributed by atoms with Crippen molar-refractivity contribution in [1.82, 2.24) is 5.43 Å². The fourth-order valence-corrected chi connectivity index (χ4v) is 3.71. The number of rotatable bonds is 9. The van der Waals surface area contributed by atoms with E-state index in [1.54, 1.807) is 0 Å². The molecule has 0 aliphatic rings. The highest BCUT2D eigenvalue weighted by atomic mass is 127. The van der Waals surface area contributed by atoms with Gasteiger partial charge in [-0.05, 0) is 64.6 Å². The van der Waals surface area contributed by atoms with Crippen molar-refractivity contribution in [3.8, 4) is 5.75 Å². The summed E-state index contributed by atoms with van der Waals surface area (Å²) in [5, 5.41) is 6.80. The highest BCUT2D eigenvalue weighted by Crippen LogP contribution is 2.19. The zero-order valence-electron chi connectivity index (χ0n) is 17.1.